The van der Waals surface area contributed by atoms with E-state index in [2.05, 4.69) is 20.9 Å². The van der Waals surface area contributed by atoms with Gasteiger partial charge in [-0.15, -0.1) is 0 Å². The molecule has 1 aliphatic heterocycles. The number of methoxy groups -OCH3 is 1. The van der Waals surface area contributed by atoms with Crippen LogP contribution < -0.4 is 20.7 Å². The Morgan fingerprint density at radius 1 is 1.29 bits per heavy atom. The molecule has 1 heterocycles. The highest BCUT2D eigenvalue weighted by molar-refractivity contribution is 5.84. The van der Waals surface area contributed by atoms with Gasteiger partial charge in [0.15, 0.2) is 5.96 Å². The minimum Gasteiger partial charge on any atom is -0.497 e. The standard InChI is InChI=1S/C20H32N4O4/c1-3-21-19(24-14-20(8-10-25)9-11-28-15-20)23-13-18(26)22-12-16-4-6-17(27-2)7-5-16/h4-7,25H,3,8-15H2,1-2H3,(H,22,26)(H2,21,23,24). The fraction of sp³-hybridized carbons (Fsp3) is 0.600. The summed E-state index contributed by atoms with van der Waals surface area (Å²) in [4.78, 5) is 16.5. The first kappa shape index (κ1) is 22.0. The van der Waals surface area contributed by atoms with E-state index in [1.165, 1.54) is 0 Å². The summed E-state index contributed by atoms with van der Waals surface area (Å²) in [6.45, 7) is 5.27. The zero-order chi connectivity index (χ0) is 20.2. The molecule has 1 amide bonds. The maximum Gasteiger partial charge on any atom is 0.242 e. The lowest BCUT2D eigenvalue weighted by Gasteiger charge is -2.27. The van der Waals surface area contributed by atoms with E-state index in [0.29, 0.717) is 45.2 Å². The number of nitrogens with zero attached hydrogens (tertiary/aromatic N) is 1. The van der Waals surface area contributed by atoms with Gasteiger partial charge in [-0.25, -0.2) is 4.99 Å². The molecule has 0 bridgehead atoms. The molecule has 1 aromatic carbocycles. The predicted octanol–water partition coefficient (Wildman–Crippen LogP) is 0.656. The third-order valence-electron chi connectivity index (χ3n) is 4.83. The van der Waals surface area contributed by atoms with Gasteiger partial charge in [0.25, 0.3) is 0 Å². The zero-order valence-electron chi connectivity index (χ0n) is 16.8. The maximum atomic E-state index is 12.1. The Morgan fingerprint density at radius 3 is 2.68 bits per heavy atom. The van der Waals surface area contributed by atoms with Crippen LogP contribution in [-0.4, -0.2) is 63.5 Å². The summed E-state index contributed by atoms with van der Waals surface area (Å²) in [6, 6.07) is 7.56. The summed E-state index contributed by atoms with van der Waals surface area (Å²) >= 11 is 0. The molecular weight excluding hydrogens is 360 g/mol. The second-order valence-electron chi connectivity index (χ2n) is 6.95. The highest BCUT2D eigenvalue weighted by Gasteiger charge is 2.34. The van der Waals surface area contributed by atoms with Gasteiger partial charge in [0.1, 0.15) is 12.3 Å². The summed E-state index contributed by atoms with van der Waals surface area (Å²) in [5, 5.41) is 18.6. The fourth-order valence-corrected chi connectivity index (χ4v) is 3.08. The Balaban J connectivity index is 1.82. The lowest BCUT2D eigenvalue weighted by Crippen LogP contribution is -2.45. The summed E-state index contributed by atoms with van der Waals surface area (Å²) in [5.41, 5.74) is 0.914. The molecule has 1 aliphatic rings. The molecule has 0 aliphatic carbocycles. The number of carbonyl (C=O) groups excluding carboxylic acids is 1. The number of carbonyl (C=O) groups is 1. The summed E-state index contributed by atoms with van der Waals surface area (Å²) in [5.74, 6) is 1.22. The van der Waals surface area contributed by atoms with Crippen LogP contribution in [0.15, 0.2) is 29.3 Å². The van der Waals surface area contributed by atoms with Gasteiger partial charge < -0.3 is 30.5 Å². The molecule has 0 spiro atoms. The van der Waals surface area contributed by atoms with Crippen LogP contribution in [-0.2, 0) is 16.1 Å². The Morgan fingerprint density at radius 2 is 2.07 bits per heavy atom. The molecule has 8 heteroatoms. The van der Waals surface area contributed by atoms with Gasteiger partial charge in [-0.1, -0.05) is 12.1 Å². The first-order chi connectivity index (χ1) is 13.6. The van der Waals surface area contributed by atoms with Gasteiger partial charge >= 0.3 is 0 Å². The molecule has 0 radical (unpaired) electrons. The van der Waals surface area contributed by atoms with Crippen molar-refractivity contribution in [1.29, 1.82) is 0 Å². The van der Waals surface area contributed by atoms with E-state index in [1.807, 2.05) is 31.2 Å². The Kier molecular flexibility index (Phi) is 9.03. The SMILES string of the molecule is CCNC(=NCC(=O)NCc1ccc(OC)cc1)NCC1(CCO)CCOC1. The van der Waals surface area contributed by atoms with Gasteiger partial charge in [0, 0.05) is 38.3 Å². The number of hydrogen-bond donors (Lipinski definition) is 4. The normalized spacial score (nSPS) is 19.3. The largest absolute Gasteiger partial charge is 0.497 e. The van der Waals surface area contributed by atoms with Crippen LogP contribution in [0.25, 0.3) is 0 Å². The minimum atomic E-state index is -0.151. The van der Waals surface area contributed by atoms with Crippen molar-refractivity contribution in [1.82, 2.24) is 16.0 Å². The number of rotatable bonds is 10. The molecule has 1 unspecified atom stereocenters. The molecular formula is C20H32N4O4. The molecule has 1 saturated heterocycles. The molecule has 1 aromatic rings. The molecule has 2 rings (SSSR count). The monoisotopic (exact) mass is 392 g/mol. The molecule has 0 saturated carbocycles. The number of aliphatic hydroxyl groups is 1. The van der Waals surface area contributed by atoms with Crippen LogP contribution in [0.3, 0.4) is 0 Å². The van der Waals surface area contributed by atoms with Crippen molar-refractivity contribution in [2.24, 2.45) is 10.4 Å². The molecule has 4 N–H and O–H groups in total. The van der Waals surface area contributed by atoms with E-state index >= 15 is 0 Å². The number of nitrogens with one attached hydrogen (secondary N) is 3. The Labute approximate surface area is 166 Å². The topological polar surface area (TPSA) is 104 Å². The van der Waals surface area contributed by atoms with Gasteiger partial charge in [0.05, 0.1) is 13.7 Å². The fourth-order valence-electron chi connectivity index (χ4n) is 3.08. The van der Waals surface area contributed by atoms with Crippen LogP contribution in [0.4, 0.5) is 0 Å². The van der Waals surface area contributed by atoms with Crippen molar-refractivity contribution in [3.8, 4) is 5.75 Å². The van der Waals surface area contributed by atoms with E-state index in [9.17, 15) is 9.90 Å². The summed E-state index contributed by atoms with van der Waals surface area (Å²) in [6.07, 6.45) is 1.59. The van der Waals surface area contributed by atoms with Crippen molar-refractivity contribution >= 4 is 11.9 Å². The second-order valence-corrected chi connectivity index (χ2v) is 6.95. The van der Waals surface area contributed by atoms with E-state index in [0.717, 1.165) is 17.7 Å². The number of ether oxygens (including phenoxy) is 2. The van der Waals surface area contributed by atoms with Crippen molar-refractivity contribution in [3.05, 3.63) is 29.8 Å². The maximum absolute atomic E-state index is 12.1. The Hall–Kier alpha value is -2.32. The highest BCUT2D eigenvalue weighted by atomic mass is 16.5. The first-order valence-corrected chi connectivity index (χ1v) is 9.71. The summed E-state index contributed by atoms with van der Waals surface area (Å²) < 4.78 is 10.6. The summed E-state index contributed by atoms with van der Waals surface area (Å²) in [7, 11) is 1.62. The molecule has 1 atom stereocenters. The lowest BCUT2D eigenvalue weighted by atomic mass is 9.84. The molecule has 28 heavy (non-hydrogen) atoms. The van der Waals surface area contributed by atoms with Crippen LogP contribution >= 0.6 is 0 Å². The zero-order valence-corrected chi connectivity index (χ0v) is 16.8. The van der Waals surface area contributed by atoms with E-state index in [1.54, 1.807) is 7.11 Å². The van der Waals surface area contributed by atoms with Crippen molar-refractivity contribution in [3.63, 3.8) is 0 Å². The second kappa shape index (κ2) is 11.5. The predicted molar refractivity (Wildman–Crippen MR) is 108 cm³/mol. The average molecular weight is 393 g/mol. The van der Waals surface area contributed by atoms with Crippen molar-refractivity contribution < 1.29 is 19.4 Å². The number of hydrogen-bond acceptors (Lipinski definition) is 5. The van der Waals surface area contributed by atoms with Crippen molar-refractivity contribution in [2.75, 3.05) is 46.6 Å². The van der Waals surface area contributed by atoms with Crippen LogP contribution in [0.2, 0.25) is 0 Å². The van der Waals surface area contributed by atoms with Gasteiger partial charge in [-0.2, -0.15) is 0 Å². The number of aliphatic imine (C=N–C) groups is 1. The quantitative estimate of drug-likeness (QED) is 0.344. The van der Waals surface area contributed by atoms with Gasteiger partial charge in [-0.05, 0) is 37.5 Å². The Bertz CT molecular complexity index is 628. The minimum absolute atomic E-state index is 0.0367. The number of guanidine groups is 1. The smallest absolute Gasteiger partial charge is 0.242 e. The first-order valence-electron chi connectivity index (χ1n) is 9.71. The third kappa shape index (κ3) is 7.01. The number of amides is 1. The van der Waals surface area contributed by atoms with Crippen molar-refractivity contribution in [2.45, 2.75) is 26.3 Å². The molecule has 0 aromatic heterocycles. The molecule has 8 nitrogen and oxygen atoms in total. The van der Waals surface area contributed by atoms with E-state index in [-0.39, 0.29) is 24.5 Å². The van der Waals surface area contributed by atoms with Gasteiger partial charge in [0.2, 0.25) is 5.91 Å². The molecule has 156 valence electrons. The highest BCUT2D eigenvalue weighted by Crippen LogP contribution is 2.31. The van der Waals surface area contributed by atoms with Crippen LogP contribution in [0, 0.1) is 5.41 Å². The lowest BCUT2D eigenvalue weighted by molar-refractivity contribution is -0.119. The average Bonchev–Trinajstić information content (AvgIpc) is 3.18. The van der Waals surface area contributed by atoms with E-state index in [4.69, 9.17) is 9.47 Å². The number of benzene rings is 1. The molecule has 1 fully saturated rings. The van der Waals surface area contributed by atoms with Gasteiger partial charge in [-0.3, -0.25) is 4.79 Å². The van der Waals surface area contributed by atoms with Crippen LogP contribution in [0.5, 0.6) is 5.75 Å². The van der Waals surface area contributed by atoms with Crippen LogP contribution in [0.1, 0.15) is 25.3 Å². The number of aliphatic hydroxyl groups excluding tert-OH is 1. The third-order valence-corrected chi connectivity index (χ3v) is 4.83. The van der Waals surface area contributed by atoms with E-state index < -0.39 is 0 Å².